The minimum absolute atomic E-state index is 0.0340. The van der Waals surface area contributed by atoms with E-state index >= 15 is 0 Å². The lowest BCUT2D eigenvalue weighted by atomic mass is 10.0. The molecule has 0 bridgehead atoms. The van der Waals surface area contributed by atoms with E-state index in [2.05, 4.69) is 41.1 Å². The Morgan fingerprint density at radius 2 is 1.77 bits per heavy atom. The van der Waals surface area contributed by atoms with Gasteiger partial charge in [-0.2, -0.15) is 5.10 Å². The molecule has 3 heterocycles. The maximum absolute atomic E-state index is 5.55. The van der Waals surface area contributed by atoms with Crippen molar-refractivity contribution in [2.75, 3.05) is 19.2 Å². The number of methoxy groups -OCH3 is 2. The van der Waals surface area contributed by atoms with Crippen molar-refractivity contribution >= 4 is 33.5 Å². The summed E-state index contributed by atoms with van der Waals surface area (Å²) in [5, 5.41) is 12.1. The van der Waals surface area contributed by atoms with E-state index < -0.39 is 0 Å². The fourth-order valence-electron chi connectivity index (χ4n) is 3.71. The van der Waals surface area contributed by atoms with E-state index in [0.29, 0.717) is 5.75 Å². The fraction of sp³-hybridized carbons (Fsp3) is 0.167. The molecule has 0 saturated heterocycles. The SMILES string of the molecule is COc1ccc([C@@H]2CC(c3cccs3)=NN2c2nc(-c3ccccc3)cs2)cc1OC. The van der Waals surface area contributed by atoms with Gasteiger partial charge in [-0.25, -0.2) is 9.99 Å². The number of benzene rings is 2. The highest BCUT2D eigenvalue weighted by Crippen LogP contribution is 2.41. The molecule has 156 valence electrons. The summed E-state index contributed by atoms with van der Waals surface area (Å²) in [6.45, 7) is 0. The molecule has 5 rings (SSSR count). The number of thiophene rings is 1. The highest BCUT2D eigenvalue weighted by atomic mass is 32.1. The summed E-state index contributed by atoms with van der Waals surface area (Å²) in [4.78, 5) is 6.10. The monoisotopic (exact) mass is 447 g/mol. The average Bonchev–Trinajstić information content (AvgIpc) is 3.59. The van der Waals surface area contributed by atoms with Gasteiger partial charge in [0.15, 0.2) is 11.5 Å². The zero-order valence-electron chi connectivity index (χ0n) is 17.2. The van der Waals surface area contributed by atoms with Gasteiger partial charge in [0.05, 0.1) is 36.5 Å². The predicted octanol–water partition coefficient (Wildman–Crippen LogP) is 6.24. The Kier molecular flexibility index (Phi) is 5.44. The van der Waals surface area contributed by atoms with Crippen LogP contribution in [0.1, 0.15) is 22.9 Å². The number of hydrazone groups is 1. The molecule has 0 N–H and O–H groups in total. The molecule has 2 aromatic heterocycles. The number of hydrogen-bond donors (Lipinski definition) is 0. The zero-order valence-corrected chi connectivity index (χ0v) is 18.8. The van der Waals surface area contributed by atoms with Gasteiger partial charge >= 0.3 is 0 Å². The van der Waals surface area contributed by atoms with Crippen molar-refractivity contribution in [3.05, 3.63) is 81.9 Å². The molecule has 0 spiro atoms. The van der Waals surface area contributed by atoms with E-state index in [1.807, 2.05) is 35.3 Å². The third kappa shape index (κ3) is 3.82. The summed E-state index contributed by atoms with van der Waals surface area (Å²) in [6.07, 6.45) is 0.802. The van der Waals surface area contributed by atoms with E-state index in [1.165, 1.54) is 4.88 Å². The normalized spacial score (nSPS) is 15.7. The van der Waals surface area contributed by atoms with Crippen LogP contribution in [-0.2, 0) is 0 Å². The number of rotatable bonds is 6. The highest BCUT2D eigenvalue weighted by molar-refractivity contribution is 7.14. The smallest absolute Gasteiger partial charge is 0.207 e. The number of aromatic nitrogens is 1. The molecule has 1 aliphatic heterocycles. The summed E-state index contributed by atoms with van der Waals surface area (Å²) >= 11 is 3.32. The summed E-state index contributed by atoms with van der Waals surface area (Å²) in [5.74, 6) is 1.43. The van der Waals surface area contributed by atoms with Crippen LogP contribution >= 0.6 is 22.7 Å². The zero-order chi connectivity index (χ0) is 21.2. The molecule has 0 unspecified atom stereocenters. The van der Waals surface area contributed by atoms with E-state index in [9.17, 15) is 0 Å². The third-order valence-corrected chi connectivity index (χ3v) is 7.02. The summed E-state index contributed by atoms with van der Waals surface area (Å²) in [5.41, 5.74) is 4.26. The van der Waals surface area contributed by atoms with Gasteiger partial charge in [0.25, 0.3) is 0 Å². The Morgan fingerprint density at radius 1 is 0.935 bits per heavy atom. The number of ether oxygens (including phenoxy) is 2. The van der Waals surface area contributed by atoms with Gasteiger partial charge in [-0.15, -0.1) is 22.7 Å². The first-order valence-electron chi connectivity index (χ1n) is 9.90. The second kappa shape index (κ2) is 8.53. The van der Waals surface area contributed by atoms with Crippen LogP contribution in [0.15, 0.2) is 76.5 Å². The predicted molar refractivity (Wildman–Crippen MR) is 128 cm³/mol. The van der Waals surface area contributed by atoms with Crippen LogP contribution in [0.3, 0.4) is 0 Å². The van der Waals surface area contributed by atoms with Gasteiger partial charge in [-0.05, 0) is 29.1 Å². The maximum Gasteiger partial charge on any atom is 0.207 e. The van der Waals surface area contributed by atoms with Gasteiger partial charge in [0.1, 0.15) is 0 Å². The van der Waals surface area contributed by atoms with Gasteiger partial charge in [0.2, 0.25) is 5.13 Å². The van der Waals surface area contributed by atoms with Crippen molar-refractivity contribution in [3.63, 3.8) is 0 Å². The minimum atomic E-state index is 0.0340. The summed E-state index contributed by atoms with van der Waals surface area (Å²) in [7, 11) is 3.31. The first-order valence-corrected chi connectivity index (χ1v) is 11.7. The average molecular weight is 448 g/mol. The van der Waals surface area contributed by atoms with Crippen LogP contribution in [0.25, 0.3) is 11.3 Å². The van der Waals surface area contributed by atoms with E-state index in [-0.39, 0.29) is 6.04 Å². The molecule has 0 saturated carbocycles. The summed E-state index contributed by atoms with van der Waals surface area (Å²) < 4.78 is 11.0. The number of thiazole rings is 1. The second-order valence-electron chi connectivity index (χ2n) is 7.08. The molecule has 0 fully saturated rings. The summed E-state index contributed by atoms with van der Waals surface area (Å²) in [6, 6.07) is 20.5. The van der Waals surface area contributed by atoms with E-state index in [0.717, 1.165) is 39.8 Å². The number of anilines is 1. The largest absolute Gasteiger partial charge is 0.493 e. The third-order valence-electron chi connectivity index (χ3n) is 5.27. The van der Waals surface area contributed by atoms with Gasteiger partial charge in [0, 0.05) is 17.4 Å². The van der Waals surface area contributed by atoms with Crippen molar-refractivity contribution < 1.29 is 9.47 Å². The first-order chi connectivity index (χ1) is 15.3. The van der Waals surface area contributed by atoms with Gasteiger partial charge < -0.3 is 9.47 Å². The lowest BCUT2D eigenvalue weighted by molar-refractivity contribution is 0.354. The van der Waals surface area contributed by atoms with Crippen LogP contribution in [0, 0.1) is 0 Å². The number of hydrogen-bond acceptors (Lipinski definition) is 7. The molecule has 31 heavy (non-hydrogen) atoms. The molecule has 0 aliphatic carbocycles. The minimum Gasteiger partial charge on any atom is -0.493 e. The first kappa shape index (κ1) is 19.8. The van der Waals surface area contributed by atoms with Crippen molar-refractivity contribution in [2.24, 2.45) is 5.10 Å². The Morgan fingerprint density at radius 3 is 2.52 bits per heavy atom. The standard InChI is InChI=1S/C24H21N3O2S2/c1-28-21-11-10-17(13-22(21)29-2)20-14-18(23-9-6-12-30-23)26-27(20)24-25-19(15-31-24)16-7-4-3-5-8-16/h3-13,15,20H,14H2,1-2H3/t20-/m0/s1. The lowest BCUT2D eigenvalue weighted by Gasteiger charge is -2.22. The van der Waals surface area contributed by atoms with Gasteiger partial charge in [-0.3, -0.25) is 0 Å². The quantitative estimate of drug-likeness (QED) is 0.351. The van der Waals surface area contributed by atoms with Crippen LogP contribution in [0.2, 0.25) is 0 Å². The molecule has 2 aromatic carbocycles. The molecule has 0 radical (unpaired) electrons. The van der Waals surface area contributed by atoms with Crippen LogP contribution in [-0.4, -0.2) is 24.9 Å². The number of nitrogens with zero attached hydrogens (tertiary/aromatic N) is 3. The van der Waals surface area contributed by atoms with E-state index in [1.54, 1.807) is 36.9 Å². The van der Waals surface area contributed by atoms with Crippen molar-refractivity contribution in [1.29, 1.82) is 0 Å². The molecule has 1 atom stereocenters. The molecular formula is C24H21N3O2S2. The Balaban J connectivity index is 1.54. The van der Waals surface area contributed by atoms with Crippen LogP contribution in [0.5, 0.6) is 11.5 Å². The van der Waals surface area contributed by atoms with Gasteiger partial charge in [-0.1, -0.05) is 42.5 Å². The molecular weight excluding hydrogens is 426 g/mol. The maximum atomic E-state index is 5.55. The molecule has 4 aromatic rings. The topological polar surface area (TPSA) is 47.0 Å². The molecule has 1 aliphatic rings. The van der Waals surface area contributed by atoms with Crippen LogP contribution < -0.4 is 14.5 Å². The molecule has 5 nitrogen and oxygen atoms in total. The van der Waals surface area contributed by atoms with Crippen molar-refractivity contribution in [3.8, 4) is 22.8 Å². The Labute approximate surface area is 189 Å². The molecule has 7 heteroatoms. The highest BCUT2D eigenvalue weighted by Gasteiger charge is 2.32. The molecule has 0 amide bonds. The Bertz CT molecular complexity index is 1200. The van der Waals surface area contributed by atoms with E-state index in [4.69, 9.17) is 19.6 Å². The van der Waals surface area contributed by atoms with Crippen molar-refractivity contribution in [2.45, 2.75) is 12.5 Å². The lowest BCUT2D eigenvalue weighted by Crippen LogP contribution is -2.18. The second-order valence-corrected chi connectivity index (χ2v) is 8.87. The van der Waals surface area contributed by atoms with Crippen molar-refractivity contribution in [1.82, 2.24) is 4.98 Å². The Hall–Kier alpha value is -3.16. The fourth-order valence-corrected chi connectivity index (χ4v) is 5.26. The van der Waals surface area contributed by atoms with Crippen LogP contribution in [0.4, 0.5) is 5.13 Å².